The Balaban J connectivity index is 2.50. The molecule has 0 atom stereocenters. The van der Waals surface area contributed by atoms with Crippen LogP contribution < -0.4 is 5.73 Å². The highest BCUT2D eigenvalue weighted by Crippen LogP contribution is 2.17. The fourth-order valence-electron chi connectivity index (χ4n) is 1.04. The van der Waals surface area contributed by atoms with E-state index in [1.807, 2.05) is 0 Å². The molecule has 0 aliphatic rings. The summed E-state index contributed by atoms with van der Waals surface area (Å²) in [6, 6.07) is 3.22. The zero-order valence-electron chi connectivity index (χ0n) is 7.48. The van der Waals surface area contributed by atoms with Crippen LogP contribution in [0.3, 0.4) is 0 Å². The third kappa shape index (κ3) is 2.02. The maximum absolute atomic E-state index is 12.8. The topological polar surface area (TPSA) is 64.7 Å². The van der Waals surface area contributed by atoms with Crippen LogP contribution in [0.5, 0.6) is 0 Å². The van der Waals surface area contributed by atoms with Crippen LogP contribution in [0.1, 0.15) is 0 Å². The van der Waals surface area contributed by atoms with Crippen molar-refractivity contribution in [2.75, 3.05) is 5.73 Å². The van der Waals surface area contributed by atoms with Gasteiger partial charge in [-0.1, -0.05) is 11.6 Å². The van der Waals surface area contributed by atoms with Gasteiger partial charge in [0.2, 0.25) is 0 Å². The number of nitrogen functional groups attached to an aromatic ring is 1. The average Bonchev–Trinajstić information content (AvgIpc) is 2.22. The third-order valence-electron chi connectivity index (χ3n) is 1.71. The van der Waals surface area contributed by atoms with Crippen LogP contribution in [-0.4, -0.2) is 15.0 Å². The molecule has 0 bridgehead atoms. The summed E-state index contributed by atoms with van der Waals surface area (Å²) in [5, 5.41) is -0.232. The first kappa shape index (κ1) is 9.79. The van der Waals surface area contributed by atoms with Crippen molar-refractivity contribution in [1.82, 2.24) is 15.0 Å². The molecule has 0 unspecified atom stereocenters. The maximum Gasteiger partial charge on any atom is 0.179 e. The molecule has 15 heavy (non-hydrogen) atoms. The highest BCUT2D eigenvalue weighted by Gasteiger charge is 2.07. The number of nitrogens with zero attached hydrogens (tertiary/aromatic N) is 3. The molecule has 0 radical (unpaired) electrons. The van der Waals surface area contributed by atoms with Gasteiger partial charge in [-0.05, 0) is 12.1 Å². The Morgan fingerprint density at radius 2 is 2.13 bits per heavy atom. The normalized spacial score (nSPS) is 10.3. The van der Waals surface area contributed by atoms with Gasteiger partial charge in [0.15, 0.2) is 16.8 Å². The van der Waals surface area contributed by atoms with Crippen molar-refractivity contribution in [2.24, 2.45) is 0 Å². The summed E-state index contributed by atoms with van der Waals surface area (Å²) < 4.78 is 12.8. The second kappa shape index (κ2) is 3.78. The monoisotopic (exact) mass is 224 g/mol. The number of aromatic nitrogens is 3. The number of pyridine rings is 1. The maximum atomic E-state index is 12.8. The number of hydrogen-bond donors (Lipinski definition) is 1. The first-order chi connectivity index (χ1) is 7.16. The summed E-state index contributed by atoms with van der Waals surface area (Å²) >= 11 is 5.52. The van der Waals surface area contributed by atoms with E-state index in [1.165, 1.54) is 6.20 Å². The molecule has 0 fully saturated rings. The number of anilines is 1. The third-order valence-corrected chi connectivity index (χ3v) is 1.98. The molecular formula is C9H6ClFN4. The summed E-state index contributed by atoms with van der Waals surface area (Å²) in [7, 11) is 0. The number of hydrogen-bond acceptors (Lipinski definition) is 4. The molecule has 4 nitrogen and oxygen atoms in total. The van der Waals surface area contributed by atoms with Gasteiger partial charge in [-0.2, -0.15) is 0 Å². The van der Waals surface area contributed by atoms with E-state index in [0.717, 1.165) is 6.20 Å². The minimum Gasteiger partial charge on any atom is -0.399 e. The molecule has 0 aliphatic carbocycles. The van der Waals surface area contributed by atoms with Crippen molar-refractivity contribution < 1.29 is 4.39 Å². The lowest BCUT2D eigenvalue weighted by molar-refractivity contribution is 0.614. The summed E-state index contributed by atoms with van der Waals surface area (Å²) in [6.45, 7) is 0. The Morgan fingerprint density at radius 3 is 2.80 bits per heavy atom. The van der Waals surface area contributed by atoms with Crippen molar-refractivity contribution >= 4 is 17.3 Å². The fraction of sp³-hybridized carbons (Fsp3) is 0. The summed E-state index contributed by atoms with van der Waals surface area (Å²) in [5.74, 6) is -0.419. The van der Waals surface area contributed by atoms with Crippen LogP contribution in [0.2, 0.25) is 5.15 Å². The predicted octanol–water partition coefficient (Wildman–Crippen LogP) is 1.91. The number of halogens is 2. The summed E-state index contributed by atoms with van der Waals surface area (Å²) in [5.41, 5.74) is 6.55. The van der Waals surface area contributed by atoms with Crippen molar-refractivity contribution in [3.8, 4) is 11.5 Å². The number of nitrogens with two attached hydrogens (primary N) is 1. The molecule has 2 rings (SSSR count). The minimum absolute atomic E-state index is 0.232. The van der Waals surface area contributed by atoms with E-state index in [1.54, 1.807) is 12.1 Å². The second-order valence-corrected chi connectivity index (χ2v) is 3.16. The van der Waals surface area contributed by atoms with Crippen LogP contribution >= 0.6 is 11.6 Å². The molecule has 2 aromatic heterocycles. The van der Waals surface area contributed by atoms with Gasteiger partial charge in [-0.25, -0.2) is 14.4 Å². The molecule has 0 saturated heterocycles. The van der Waals surface area contributed by atoms with Gasteiger partial charge in [0.05, 0.1) is 6.20 Å². The van der Waals surface area contributed by atoms with Gasteiger partial charge in [-0.15, -0.1) is 0 Å². The molecule has 0 spiro atoms. The van der Waals surface area contributed by atoms with E-state index in [0.29, 0.717) is 11.4 Å². The summed E-state index contributed by atoms with van der Waals surface area (Å²) in [6.07, 6.45) is 2.51. The largest absolute Gasteiger partial charge is 0.399 e. The van der Waals surface area contributed by atoms with Crippen LogP contribution in [0.25, 0.3) is 11.5 Å². The Kier molecular flexibility index (Phi) is 2.47. The van der Waals surface area contributed by atoms with Crippen LogP contribution in [0.15, 0.2) is 24.5 Å². The highest BCUT2D eigenvalue weighted by molar-refractivity contribution is 6.29. The minimum atomic E-state index is -0.663. The Morgan fingerprint density at radius 1 is 1.33 bits per heavy atom. The van der Waals surface area contributed by atoms with Crippen molar-refractivity contribution in [3.63, 3.8) is 0 Å². The lowest BCUT2D eigenvalue weighted by Crippen LogP contribution is -1.95. The SMILES string of the molecule is Nc1ccnc(-c2ncc(F)c(Cl)n2)c1. The van der Waals surface area contributed by atoms with Crippen LogP contribution in [0, 0.1) is 5.82 Å². The van der Waals surface area contributed by atoms with Crippen LogP contribution in [-0.2, 0) is 0 Å². The van der Waals surface area contributed by atoms with E-state index >= 15 is 0 Å². The Bertz CT molecular complexity index is 503. The Labute approximate surface area is 90.0 Å². The van der Waals surface area contributed by atoms with Gasteiger partial charge in [0.1, 0.15) is 5.69 Å². The molecule has 0 saturated carbocycles. The first-order valence-corrected chi connectivity index (χ1v) is 4.44. The molecule has 2 N–H and O–H groups in total. The zero-order valence-corrected chi connectivity index (χ0v) is 8.24. The van der Waals surface area contributed by atoms with E-state index in [-0.39, 0.29) is 11.0 Å². The zero-order chi connectivity index (χ0) is 10.8. The summed E-state index contributed by atoms with van der Waals surface area (Å²) in [4.78, 5) is 11.5. The number of rotatable bonds is 1. The van der Waals surface area contributed by atoms with E-state index < -0.39 is 5.82 Å². The van der Waals surface area contributed by atoms with Gasteiger partial charge >= 0.3 is 0 Å². The molecule has 0 amide bonds. The standard InChI is InChI=1S/C9H6ClFN4/c10-8-6(11)4-14-9(15-8)7-3-5(12)1-2-13-7/h1-4H,(H2,12,13). The lowest BCUT2D eigenvalue weighted by Gasteiger charge is -2.00. The van der Waals surface area contributed by atoms with Gasteiger partial charge in [-0.3, -0.25) is 4.98 Å². The van der Waals surface area contributed by atoms with Crippen LogP contribution in [0.4, 0.5) is 10.1 Å². The molecule has 6 heteroatoms. The first-order valence-electron chi connectivity index (χ1n) is 4.07. The van der Waals surface area contributed by atoms with Gasteiger partial charge in [0, 0.05) is 11.9 Å². The molecule has 76 valence electrons. The molecule has 0 aliphatic heterocycles. The van der Waals surface area contributed by atoms with E-state index in [9.17, 15) is 4.39 Å². The van der Waals surface area contributed by atoms with E-state index in [4.69, 9.17) is 17.3 Å². The van der Waals surface area contributed by atoms with Crippen molar-refractivity contribution in [3.05, 3.63) is 35.5 Å². The molecular weight excluding hydrogens is 219 g/mol. The van der Waals surface area contributed by atoms with Crippen molar-refractivity contribution in [2.45, 2.75) is 0 Å². The predicted molar refractivity (Wildman–Crippen MR) is 54.6 cm³/mol. The van der Waals surface area contributed by atoms with Gasteiger partial charge < -0.3 is 5.73 Å². The fourth-order valence-corrected chi connectivity index (χ4v) is 1.17. The van der Waals surface area contributed by atoms with Gasteiger partial charge in [0.25, 0.3) is 0 Å². The Hall–Kier alpha value is -1.75. The van der Waals surface area contributed by atoms with E-state index in [2.05, 4.69) is 15.0 Å². The lowest BCUT2D eigenvalue weighted by atomic mass is 10.3. The highest BCUT2D eigenvalue weighted by atomic mass is 35.5. The molecule has 0 aromatic carbocycles. The smallest absolute Gasteiger partial charge is 0.179 e. The second-order valence-electron chi connectivity index (χ2n) is 2.81. The molecule has 2 heterocycles. The molecule has 2 aromatic rings. The van der Waals surface area contributed by atoms with Crippen molar-refractivity contribution in [1.29, 1.82) is 0 Å². The quantitative estimate of drug-likeness (QED) is 0.752. The average molecular weight is 225 g/mol.